The second kappa shape index (κ2) is 14.9. The molecule has 1 aliphatic rings. The van der Waals surface area contributed by atoms with Crippen molar-refractivity contribution in [2.45, 2.75) is 25.2 Å². The van der Waals surface area contributed by atoms with Gasteiger partial charge < -0.3 is 8.98 Å². The van der Waals surface area contributed by atoms with Crippen LogP contribution in [0.2, 0.25) is 0 Å². The summed E-state index contributed by atoms with van der Waals surface area (Å²) >= 11 is 0. The second-order valence-corrected chi connectivity index (χ2v) is 16.1. The summed E-state index contributed by atoms with van der Waals surface area (Å²) in [5, 5.41) is 2.46. The Hall–Kier alpha value is -7.96. The van der Waals surface area contributed by atoms with Crippen LogP contribution in [0.5, 0.6) is 0 Å². The van der Waals surface area contributed by atoms with E-state index in [1.165, 1.54) is 38.5 Å². The third-order valence-corrected chi connectivity index (χ3v) is 12.4. The van der Waals surface area contributed by atoms with Crippen molar-refractivity contribution in [3.05, 3.63) is 211 Å². The van der Waals surface area contributed by atoms with Gasteiger partial charge in [0.05, 0.1) is 11.0 Å². The Kier molecular flexibility index (Phi) is 8.66. The number of aromatic nitrogens is 5. The average Bonchev–Trinajstić information content (AvgIpc) is 3.89. The molecule has 6 heteroatoms. The molecule has 1 atom stereocenters. The summed E-state index contributed by atoms with van der Waals surface area (Å²) in [6.07, 6.45) is 2.49. The fourth-order valence-corrected chi connectivity index (χ4v) is 9.50. The smallest absolute Gasteiger partial charge is 0.227 e. The highest BCUT2D eigenvalue weighted by atomic mass is 16.3. The number of hydrogen-bond donors (Lipinski definition) is 0. The average molecular weight is 798 g/mol. The highest BCUT2D eigenvalue weighted by Crippen LogP contribution is 2.45. The Morgan fingerprint density at radius 2 is 1.15 bits per heavy atom. The molecular formula is C56H39N5O. The summed E-state index contributed by atoms with van der Waals surface area (Å²) in [4.78, 5) is 20.3. The number of oxazole rings is 1. The summed E-state index contributed by atoms with van der Waals surface area (Å²) < 4.78 is 8.91. The molecular weight excluding hydrogens is 759 g/mol. The monoisotopic (exact) mass is 797 g/mol. The molecule has 0 N–H and O–H groups in total. The van der Waals surface area contributed by atoms with Crippen molar-refractivity contribution in [3.8, 4) is 62.2 Å². The van der Waals surface area contributed by atoms with Crippen LogP contribution in [0.1, 0.15) is 29.3 Å². The van der Waals surface area contributed by atoms with E-state index in [0.29, 0.717) is 24.0 Å². The van der Waals surface area contributed by atoms with Crippen LogP contribution in [0.25, 0.3) is 95.1 Å². The van der Waals surface area contributed by atoms with E-state index in [4.69, 9.17) is 24.4 Å². The van der Waals surface area contributed by atoms with E-state index >= 15 is 0 Å². The maximum Gasteiger partial charge on any atom is 0.227 e. The molecule has 3 aromatic heterocycles. The Bertz CT molecular complexity index is 3360. The van der Waals surface area contributed by atoms with Crippen LogP contribution in [-0.4, -0.2) is 24.5 Å². The Balaban J connectivity index is 1.03. The van der Waals surface area contributed by atoms with Crippen LogP contribution in [0, 0.1) is 0 Å². The first-order valence-corrected chi connectivity index (χ1v) is 21.3. The molecule has 0 bridgehead atoms. The van der Waals surface area contributed by atoms with Gasteiger partial charge in [0.2, 0.25) is 5.89 Å². The highest BCUT2D eigenvalue weighted by molar-refractivity contribution is 6.12. The third-order valence-electron chi connectivity index (χ3n) is 12.4. The van der Waals surface area contributed by atoms with Crippen molar-refractivity contribution in [1.82, 2.24) is 24.5 Å². The molecule has 6 nitrogen and oxygen atoms in total. The summed E-state index contributed by atoms with van der Waals surface area (Å²) in [5.41, 5.74) is 15.4. The first-order chi connectivity index (χ1) is 30.7. The Morgan fingerprint density at radius 3 is 1.90 bits per heavy atom. The van der Waals surface area contributed by atoms with Gasteiger partial charge in [-0.2, -0.15) is 0 Å². The number of aryl methyl sites for hydroxylation is 1. The predicted molar refractivity (Wildman–Crippen MR) is 250 cm³/mol. The number of fused-ring (bicyclic) bond motifs is 8. The minimum absolute atomic E-state index is 0.174. The van der Waals surface area contributed by atoms with Crippen LogP contribution < -0.4 is 0 Å². The lowest BCUT2D eigenvalue weighted by atomic mass is 9.88. The first kappa shape index (κ1) is 35.9. The third kappa shape index (κ3) is 6.27. The van der Waals surface area contributed by atoms with E-state index in [1.807, 2.05) is 60.7 Å². The minimum Gasteiger partial charge on any atom is -0.436 e. The number of benzene rings is 8. The standard InChI is InChI=1S/C56H39N5O/c1-4-16-36(17-5-1)40-32-41(56-57-49-25-13-15-27-51(49)62-56)34-42(33-40)61-50-26-14-12-24-46(50)48-31-30-45-44-23-11-10-22-43(44)39(28-29-47(45)53(48)61)35-52-58-54(37-18-6-2-7-19-37)60-55(59-52)38-20-8-3-9-21-38/h1-27,30-34,39H,28-29,35H2. The number of hydrogen-bond acceptors (Lipinski definition) is 5. The van der Waals surface area contributed by atoms with Crippen LogP contribution >= 0.6 is 0 Å². The molecule has 0 spiro atoms. The van der Waals surface area contributed by atoms with Crippen molar-refractivity contribution >= 4 is 32.9 Å². The van der Waals surface area contributed by atoms with Crippen molar-refractivity contribution in [3.63, 3.8) is 0 Å². The molecule has 12 rings (SSSR count). The lowest BCUT2D eigenvalue weighted by molar-refractivity contribution is 0.609. The van der Waals surface area contributed by atoms with E-state index in [2.05, 4.69) is 138 Å². The molecule has 294 valence electrons. The molecule has 0 saturated heterocycles. The number of nitrogens with zero attached hydrogens (tertiary/aromatic N) is 5. The zero-order chi connectivity index (χ0) is 41.0. The largest absolute Gasteiger partial charge is 0.436 e. The maximum atomic E-state index is 6.43. The molecule has 3 heterocycles. The van der Waals surface area contributed by atoms with Crippen LogP contribution in [0.4, 0.5) is 0 Å². The van der Waals surface area contributed by atoms with Crippen molar-refractivity contribution in [2.24, 2.45) is 0 Å². The minimum atomic E-state index is 0.174. The second-order valence-electron chi connectivity index (χ2n) is 16.1. The lowest BCUT2D eigenvalue weighted by Gasteiger charge is -2.18. The molecule has 11 aromatic rings. The fourth-order valence-electron chi connectivity index (χ4n) is 9.50. The summed E-state index contributed by atoms with van der Waals surface area (Å²) in [6, 6.07) is 68.2. The molecule has 0 aliphatic heterocycles. The topological polar surface area (TPSA) is 69.6 Å². The van der Waals surface area contributed by atoms with E-state index in [1.54, 1.807) is 0 Å². The number of rotatable bonds is 7. The molecule has 62 heavy (non-hydrogen) atoms. The van der Waals surface area contributed by atoms with Gasteiger partial charge in [-0.3, -0.25) is 0 Å². The highest BCUT2D eigenvalue weighted by Gasteiger charge is 2.28. The first-order valence-electron chi connectivity index (χ1n) is 21.3. The summed E-state index contributed by atoms with van der Waals surface area (Å²) in [5.74, 6) is 2.97. The van der Waals surface area contributed by atoms with Gasteiger partial charge in [0.15, 0.2) is 17.2 Å². The predicted octanol–water partition coefficient (Wildman–Crippen LogP) is 13.7. The van der Waals surface area contributed by atoms with Gasteiger partial charge >= 0.3 is 0 Å². The molecule has 0 fully saturated rings. The van der Waals surface area contributed by atoms with E-state index in [-0.39, 0.29) is 5.92 Å². The van der Waals surface area contributed by atoms with Gasteiger partial charge in [0.1, 0.15) is 11.3 Å². The fraction of sp³-hybridized carbons (Fsp3) is 0.0714. The van der Waals surface area contributed by atoms with Gasteiger partial charge in [-0.1, -0.05) is 158 Å². The molecule has 0 radical (unpaired) electrons. The summed E-state index contributed by atoms with van der Waals surface area (Å²) in [6.45, 7) is 0. The molecule has 0 amide bonds. The van der Waals surface area contributed by atoms with Gasteiger partial charge in [0, 0.05) is 39.6 Å². The normalized spacial score (nSPS) is 13.6. The van der Waals surface area contributed by atoms with E-state index < -0.39 is 0 Å². The van der Waals surface area contributed by atoms with E-state index in [0.717, 1.165) is 68.8 Å². The van der Waals surface area contributed by atoms with Crippen LogP contribution in [0.3, 0.4) is 0 Å². The molecule has 1 aliphatic carbocycles. The van der Waals surface area contributed by atoms with E-state index in [9.17, 15) is 0 Å². The van der Waals surface area contributed by atoms with Crippen molar-refractivity contribution < 1.29 is 4.42 Å². The Morgan fingerprint density at radius 1 is 0.500 bits per heavy atom. The van der Waals surface area contributed by atoms with Gasteiger partial charge in [-0.15, -0.1) is 0 Å². The van der Waals surface area contributed by atoms with Crippen LogP contribution in [0.15, 0.2) is 199 Å². The zero-order valence-corrected chi connectivity index (χ0v) is 33.8. The van der Waals surface area contributed by atoms with Gasteiger partial charge in [0.25, 0.3) is 0 Å². The molecule has 1 unspecified atom stereocenters. The quantitative estimate of drug-likeness (QED) is 0.161. The maximum absolute atomic E-state index is 6.43. The van der Waals surface area contributed by atoms with Crippen molar-refractivity contribution in [2.75, 3.05) is 0 Å². The van der Waals surface area contributed by atoms with Crippen molar-refractivity contribution in [1.29, 1.82) is 0 Å². The molecule has 0 saturated carbocycles. The summed E-state index contributed by atoms with van der Waals surface area (Å²) in [7, 11) is 0. The zero-order valence-electron chi connectivity index (χ0n) is 33.8. The molecule has 8 aromatic carbocycles. The Labute approximate surface area is 358 Å². The SMILES string of the molecule is c1ccc(-c2cc(-c3nc4ccccc4o3)cc(-n3c4ccccc4c4ccc5c(c43)CCC(Cc3nc(-c4ccccc4)nc(-c4ccccc4)n3)c3ccccc3-5)c2)cc1. The van der Waals surface area contributed by atoms with Gasteiger partial charge in [-0.05, 0) is 88.5 Å². The number of para-hydroxylation sites is 3. The van der Waals surface area contributed by atoms with Gasteiger partial charge in [-0.25, -0.2) is 19.9 Å². The lowest BCUT2D eigenvalue weighted by Crippen LogP contribution is -2.10. The van der Waals surface area contributed by atoms with Crippen LogP contribution in [-0.2, 0) is 12.8 Å².